The molecule has 1 aliphatic heterocycles. The van der Waals surface area contributed by atoms with Gasteiger partial charge in [-0.15, -0.1) is 0 Å². The Labute approximate surface area is 130 Å². The molecule has 1 aromatic rings. The summed E-state index contributed by atoms with van der Waals surface area (Å²) in [6.07, 6.45) is 6.81. The molecular weight excluding hydrogens is 286 g/mol. The van der Waals surface area contributed by atoms with Gasteiger partial charge in [0.1, 0.15) is 5.69 Å². The van der Waals surface area contributed by atoms with Gasteiger partial charge >= 0.3 is 0 Å². The quantitative estimate of drug-likeness (QED) is 0.854. The monoisotopic (exact) mass is 309 g/mol. The van der Waals surface area contributed by atoms with Crippen molar-refractivity contribution in [1.82, 2.24) is 14.7 Å². The number of rotatable bonds is 4. The standard InChI is InChI=1S/C15H23N3O2S/c1-20-10-8-17-7-6-12(16-17)15(19)18-9-11-21-14-5-3-2-4-13(14)18/h6-7,13-14H,2-5,8-11H2,1H3/t13-,14-/m1/s1. The molecule has 0 unspecified atom stereocenters. The Morgan fingerprint density at radius 3 is 3.19 bits per heavy atom. The van der Waals surface area contributed by atoms with Crippen LogP contribution in [0.15, 0.2) is 12.3 Å². The first-order valence-corrected chi connectivity index (χ1v) is 8.79. The first kappa shape index (κ1) is 14.9. The summed E-state index contributed by atoms with van der Waals surface area (Å²) in [5.41, 5.74) is 0.572. The molecule has 0 spiro atoms. The van der Waals surface area contributed by atoms with E-state index in [1.807, 2.05) is 24.0 Å². The SMILES string of the molecule is COCCn1ccc(C(=O)N2CCS[C@@H]3CCCC[C@H]32)n1. The predicted octanol–water partition coefficient (Wildman–Crippen LogP) is 2.03. The largest absolute Gasteiger partial charge is 0.383 e. The van der Waals surface area contributed by atoms with Crippen LogP contribution in [-0.4, -0.2) is 57.9 Å². The van der Waals surface area contributed by atoms with Crippen LogP contribution in [0.3, 0.4) is 0 Å². The molecule has 6 heteroatoms. The molecule has 1 aliphatic carbocycles. The van der Waals surface area contributed by atoms with Crippen molar-refractivity contribution in [1.29, 1.82) is 0 Å². The van der Waals surface area contributed by atoms with Crippen molar-refractivity contribution in [2.75, 3.05) is 26.0 Å². The van der Waals surface area contributed by atoms with Gasteiger partial charge in [-0.3, -0.25) is 9.48 Å². The number of hydrogen-bond donors (Lipinski definition) is 0. The number of methoxy groups -OCH3 is 1. The second kappa shape index (κ2) is 6.83. The van der Waals surface area contributed by atoms with Gasteiger partial charge in [0.2, 0.25) is 0 Å². The number of aromatic nitrogens is 2. The molecule has 0 bridgehead atoms. The highest BCUT2D eigenvalue weighted by Gasteiger charge is 2.37. The topological polar surface area (TPSA) is 47.4 Å². The number of ether oxygens (including phenoxy) is 1. The van der Waals surface area contributed by atoms with Crippen LogP contribution in [-0.2, 0) is 11.3 Å². The van der Waals surface area contributed by atoms with Gasteiger partial charge < -0.3 is 9.64 Å². The Morgan fingerprint density at radius 2 is 2.33 bits per heavy atom. The van der Waals surface area contributed by atoms with Crippen LogP contribution in [0, 0.1) is 0 Å². The van der Waals surface area contributed by atoms with Crippen LogP contribution in [0.2, 0.25) is 0 Å². The summed E-state index contributed by atoms with van der Waals surface area (Å²) in [4.78, 5) is 14.8. The summed E-state index contributed by atoms with van der Waals surface area (Å²) in [5, 5.41) is 5.03. The molecule has 2 heterocycles. The minimum atomic E-state index is 0.100. The lowest BCUT2D eigenvalue weighted by atomic mass is 9.93. The lowest BCUT2D eigenvalue weighted by molar-refractivity contribution is 0.0639. The van der Waals surface area contributed by atoms with E-state index in [-0.39, 0.29) is 5.91 Å². The smallest absolute Gasteiger partial charge is 0.274 e. The normalized spacial score (nSPS) is 25.7. The molecule has 2 aliphatic rings. The molecule has 3 rings (SSSR count). The Hall–Kier alpha value is -1.01. The average molecular weight is 309 g/mol. The van der Waals surface area contributed by atoms with Crippen molar-refractivity contribution in [3.63, 3.8) is 0 Å². The number of carbonyl (C=O) groups excluding carboxylic acids is 1. The zero-order valence-corrected chi connectivity index (χ0v) is 13.3. The van der Waals surface area contributed by atoms with E-state index in [1.165, 1.54) is 19.3 Å². The van der Waals surface area contributed by atoms with Crippen LogP contribution in [0.4, 0.5) is 0 Å². The number of hydrogen-bond acceptors (Lipinski definition) is 4. The molecule has 1 aromatic heterocycles. The highest BCUT2D eigenvalue weighted by atomic mass is 32.2. The maximum absolute atomic E-state index is 12.8. The maximum atomic E-state index is 12.8. The summed E-state index contributed by atoms with van der Waals surface area (Å²) in [6.45, 7) is 2.15. The number of nitrogens with zero attached hydrogens (tertiary/aromatic N) is 3. The third-order valence-corrected chi connectivity index (χ3v) is 5.77. The molecule has 0 N–H and O–H groups in total. The molecule has 1 saturated heterocycles. The Bertz CT molecular complexity index is 489. The minimum absolute atomic E-state index is 0.100. The van der Waals surface area contributed by atoms with Crippen LogP contribution in [0.5, 0.6) is 0 Å². The van der Waals surface area contributed by atoms with Gasteiger partial charge in [0, 0.05) is 36.9 Å². The third-order valence-electron chi connectivity index (χ3n) is 4.38. The molecule has 116 valence electrons. The Morgan fingerprint density at radius 1 is 1.48 bits per heavy atom. The maximum Gasteiger partial charge on any atom is 0.274 e. The van der Waals surface area contributed by atoms with Crippen LogP contribution >= 0.6 is 11.8 Å². The van der Waals surface area contributed by atoms with E-state index in [1.54, 1.807) is 11.8 Å². The second-order valence-electron chi connectivity index (χ2n) is 5.72. The summed E-state index contributed by atoms with van der Waals surface area (Å²) in [6, 6.07) is 2.24. The Kier molecular flexibility index (Phi) is 4.85. The van der Waals surface area contributed by atoms with E-state index in [2.05, 4.69) is 10.00 Å². The summed E-state index contributed by atoms with van der Waals surface area (Å²) < 4.78 is 6.83. The highest BCUT2D eigenvalue weighted by Crippen LogP contribution is 2.35. The summed E-state index contributed by atoms with van der Waals surface area (Å²) in [5.74, 6) is 1.15. The molecule has 1 amide bonds. The van der Waals surface area contributed by atoms with Crippen molar-refractivity contribution in [3.05, 3.63) is 18.0 Å². The molecule has 5 nitrogen and oxygen atoms in total. The van der Waals surface area contributed by atoms with Crippen LogP contribution < -0.4 is 0 Å². The minimum Gasteiger partial charge on any atom is -0.383 e. The first-order chi connectivity index (χ1) is 10.3. The van der Waals surface area contributed by atoms with Crippen LogP contribution in [0.25, 0.3) is 0 Å². The lowest BCUT2D eigenvalue weighted by Gasteiger charge is -2.43. The van der Waals surface area contributed by atoms with Crippen LogP contribution in [0.1, 0.15) is 36.2 Å². The van der Waals surface area contributed by atoms with Gasteiger partial charge in [-0.2, -0.15) is 16.9 Å². The third kappa shape index (κ3) is 3.26. The molecule has 2 atom stereocenters. The van der Waals surface area contributed by atoms with Gasteiger partial charge in [-0.1, -0.05) is 12.8 Å². The highest BCUT2D eigenvalue weighted by molar-refractivity contribution is 8.00. The van der Waals surface area contributed by atoms with E-state index in [4.69, 9.17) is 4.74 Å². The number of thioether (sulfide) groups is 1. The van der Waals surface area contributed by atoms with E-state index >= 15 is 0 Å². The predicted molar refractivity (Wildman–Crippen MR) is 83.6 cm³/mol. The second-order valence-corrected chi connectivity index (χ2v) is 7.06. The first-order valence-electron chi connectivity index (χ1n) is 7.74. The average Bonchev–Trinajstić information content (AvgIpc) is 3.00. The zero-order valence-electron chi connectivity index (χ0n) is 12.5. The number of fused-ring (bicyclic) bond motifs is 1. The van der Waals surface area contributed by atoms with Crippen molar-refractivity contribution in [3.8, 4) is 0 Å². The van der Waals surface area contributed by atoms with Crippen molar-refractivity contribution in [2.24, 2.45) is 0 Å². The lowest BCUT2D eigenvalue weighted by Crippen LogP contribution is -2.51. The number of carbonyl (C=O) groups is 1. The van der Waals surface area contributed by atoms with Crippen molar-refractivity contribution < 1.29 is 9.53 Å². The Balaban J connectivity index is 1.69. The molecule has 1 saturated carbocycles. The fourth-order valence-electron chi connectivity index (χ4n) is 3.28. The molecule has 0 aromatic carbocycles. The van der Waals surface area contributed by atoms with E-state index in [9.17, 15) is 4.79 Å². The number of amides is 1. The van der Waals surface area contributed by atoms with Gasteiger partial charge in [-0.25, -0.2) is 0 Å². The van der Waals surface area contributed by atoms with E-state index < -0.39 is 0 Å². The van der Waals surface area contributed by atoms with Gasteiger partial charge in [-0.05, 0) is 18.9 Å². The molecule has 21 heavy (non-hydrogen) atoms. The fraction of sp³-hybridized carbons (Fsp3) is 0.733. The van der Waals surface area contributed by atoms with Gasteiger partial charge in [0.25, 0.3) is 5.91 Å². The van der Waals surface area contributed by atoms with Gasteiger partial charge in [0.15, 0.2) is 0 Å². The van der Waals surface area contributed by atoms with Crippen molar-refractivity contribution in [2.45, 2.75) is 43.5 Å². The molecular formula is C15H23N3O2S. The summed E-state index contributed by atoms with van der Waals surface area (Å²) >= 11 is 2.04. The summed E-state index contributed by atoms with van der Waals surface area (Å²) in [7, 11) is 1.67. The van der Waals surface area contributed by atoms with Gasteiger partial charge in [0.05, 0.1) is 13.2 Å². The van der Waals surface area contributed by atoms with E-state index in [0.717, 1.165) is 18.7 Å². The van der Waals surface area contributed by atoms with E-state index in [0.29, 0.717) is 30.1 Å². The molecule has 2 fully saturated rings. The molecule has 0 radical (unpaired) electrons. The zero-order chi connectivity index (χ0) is 14.7. The van der Waals surface area contributed by atoms with Crippen molar-refractivity contribution >= 4 is 17.7 Å². The fourth-order valence-corrected chi connectivity index (χ4v) is 4.72.